The predicted octanol–water partition coefficient (Wildman–Crippen LogP) is 2.38. The van der Waals surface area contributed by atoms with Crippen molar-refractivity contribution in [3.8, 4) is 18.0 Å². The maximum Gasteiger partial charge on any atom is 0.255 e. The first-order valence-corrected chi connectivity index (χ1v) is 11.2. The summed E-state index contributed by atoms with van der Waals surface area (Å²) in [5.74, 6) is -0.268. The van der Waals surface area contributed by atoms with E-state index < -0.39 is 24.2 Å². The number of halogens is 1. The van der Waals surface area contributed by atoms with Crippen LogP contribution in [-0.2, 0) is 6.54 Å². The van der Waals surface area contributed by atoms with Crippen molar-refractivity contribution < 1.29 is 14.3 Å². The molecule has 3 N–H and O–H groups in total. The second kappa shape index (κ2) is 10.4. The van der Waals surface area contributed by atoms with Crippen molar-refractivity contribution in [2.75, 3.05) is 11.9 Å². The van der Waals surface area contributed by atoms with E-state index >= 15 is 0 Å². The van der Waals surface area contributed by atoms with Crippen molar-refractivity contribution >= 4 is 28.3 Å². The Morgan fingerprint density at radius 3 is 2.73 bits per heavy atom. The van der Waals surface area contributed by atoms with Gasteiger partial charge in [0, 0.05) is 30.0 Å². The first-order valence-electron chi connectivity index (χ1n) is 11.2. The Morgan fingerprint density at radius 2 is 2.00 bits per heavy atom. The average Bonchev–Trinajstić information content (AvgIpc) is 3.51. The number of pyridine rings is 2. The highest BCUT2D eigenvalue weighted by Gasteiger charge is 2.27. The number of alkyl halides is 1. The fourth-order valence-electron chi connectivity index (χ4n) is 3.39. The Balaban J connectivity index is 1.68. The molecule has 37 heavy (non-hydrogen) atoms. The van der Waals surface area contributed by atoms with E-state index in [9.17, 15) is 14.3 Å². The summed E-state index contributed by atoms with van der Waals surface area (Å²) in [4.78, 5) is 21.6. The van der Waals surface area contributed by atoms with Gasteiger partial charge in [0.15, 0.2) is 11.5 Å². The Bertz CT molecular complexity index is 1520. The van der Waals surface area contributed by atoms with Gasteiger partial charge in [0.2, 0.25) is 0 Å². The maximum absolute atomic E-state index is 14.2. The number of fused-ring (bicyclic) bond motifs is 1. The second-order valence-electron chi connectivity index (χ2n) is 8.75. The fraction of sp³-hybridized carbons (Fsp3) is 0.292. The Morgan fingerprint density at radius 1 is 1.19 bits per heavy atom. The molecule has 1 amide bonds. The molecular formula is C24H23FN10O2. The molecule has 0 fully saturated rings. The van der Waals surface area contributed by atoms with Crippen LogP contribution in [0.1, 0.15) is 36.2 Å². The lowest BCUT2D eigenvalue weighted by atomic mass is 10.0. The summed E-state index contributed by atoms with van der Waals surface area (Å²) < 4.78 is 17.3. The molecule has 4 heterocycles. The van der Waals surface area contributed by atoms with Crippen LogP contribution in [0.2, 0.25) is 0 Å². The minimum absolute atomic E-state index is 0.118. The molecule has 0 aliphatic heterocycles. The van der Waals surface area contributed by atoms with Crippen LogP contribution in [0.4, 0.5) is 15.8 Å². The molecule has 0 saturated heterocycles. The van der Waals surface area contributed by atoms with E-state index in [2.05, 4.69) is 36.9 Å². The monoisotopic (exact) mass is 502 g/mol. The van der Waals surface area contributed by atoms with Crippen LogP contribution < -0.4 is 10.6 Å². The van der Waals surface area contributed by atoms with Crippen molar-refractivity contribution in [1.82, 2.24) is 34.8 Å². The molecule has 0 bridgehead atoms. The number of nitrogens with one attached hydrogen (secondary N) is 2. The number of hydrogen-bond acceptors (Lipinski definition) is 9. The highest BCUT2D eigenvalue weighted by atomic mass is 19.1. The van der Waals surface area contributed by atoms with Gasteiger partial charge in [0.1, 0.15) is 12.2 Å². The van der Waals surface area contributed by atoms with Crippen LogP contribution in [0.25, 0.3) is 16.9 Å². The minimum Gasteiger partial charge on any atom is -0.387 e. The van der Waals surface area contributed by atoms with Crippen LogP contribution in [0.15, 0.2) is 43.1 Å². The molecule has 1 unspecified atom stereocenters. The largest absolute Gasteiger partial charge is 0.387 e. The molecule has 188 valence electrons. The van der Waals surface area contributed by atoms with E-state index in [0.717, 1.165) is 0 Å². The van der Waals surface area contributed by atoms with E-state index in [1.807, 2.05) is 6.07 Å². The molecule has 13 heteroatoms. The molecule has 0 saturated carbocycles. The van der Waals surface area contributed by atoms with Gasteiger partial charge in [-0.3, -0.25) is 9.48 Å². The van der Waals surface area contributed by atoms with Crippen molar-refractivity contribution in [2.24, 2.45) is 0 Å². The molecule has 12 nitrogen and oxygen atoms in total. The molecule has 0 aromatic carbocycles. The summed E-state index contributed by atoms with van der Waals surface area (Å²) in [7, 11) is 0. The minimum atomic E-state index is -1.68. The highest BCUT2D eigenvalue weighted by Crippen LogP contribution is 2.25. The standard InChI is InChI=1S/C24H23FN10O2/c1-24(2,37)20(25)13-30-23(36)18-12-28-21(35-22-16(10-32-35)6-15(8-27)9-29-22)7-19(18)33-17-11-31-34(14-17)5-3-4-26/h6-7,9-12,14,20,37H,3,5,13H2,1-2H3,(H,28,33)(H,30,36). The number of aryl methyl sites for hydroxylation is 1. The zero-order valence-corrected chi connectivity index (χ0v) is 20.1. The lowest BCUT2D eigenvalue weighted by Crippen LogP contribution is -2.42. The summed E-state index contributed by atoms with van der Waals surface area (Å²) >= 11 is 0. The van der Waals surface area contributed by atoms with E-state index in [1.165, 1.54) is 30.9 Å². The molecule has 1 atom stereocenters. The summed E-state index contributed by atoms with van der Waals surface area (Å²) in [5.41, 5.74) is 0.232. The number of anilines is 2. The van der Waals surface area contributed by atoms with E-state index in [1.54, 1.807) is 35.4 Å². The van der Waals surface area contributed by atoms with Crippen LogP contribution in [0, 0.1) is 22.7 Å². The number of amides is 1. The molecule has 0 spiro atoms. The van der Waals surface area contributed by atoms with Gasteiger partial charge in [-0.25, -0.2) is 14.4 Å². The van der Waals surface area contributed by atoms with Crippen LogP contribution in [0.3, 0.4) is 0 Å². The average molecular weight is 503 g/mol. The van der Waals surface area contributed by atoms with Crippen molar-refractivity contribution in [2.45, 2.75) is 38.6 Å². The molecule has 4 aromatic heterocycles. The van der Waals surface area contributed by atoms with Gasteiger partial charge in [-0.15, -0.1) is 0 Å². The SMILES string of the molecule is CC(C)(O)C(F)CNC(=O)c1cnc(-n2ncc3cc(C#N)cnc32)cc1Nc1cnn(CCC#N)c1. The smallest absolute Gasteiger partial charge is 0.255 e. The summed E-state index contributed by atoms with van der Waals surface area (Å²) in [6.07, 6.45) is 6.12. The van der Waals surface area contributed by atoms with Crippen LogP contribution in [-0.4, -0.2) is 58.9 Å². The number of hydrogen-bond donors (Lipinski definition) is 3. The quantitative estimate of drug-likeness (QED) is 0.311. The molecule has 4 aromatic rings. The zero-order chi connectivity index (χ0) is 26.6. The second-order valence-corrected chi connectivity index (χ2v) is 8.75. The van der Waals surface area contributed by atoms with Crippen LogP contribution in [0.5, 0.6) is 0 Å². The first kappa shape index (κ1) is 25.2. The third-order valence-corrected chi connectivity index (χ3v) is 5.46. The predicted molar refractivity (Wildman–Crippen MR) is 131 cm³/mol. The van der Waals surface area contributed by atoms with E-state index in [4.69, 9.17) is 10.5 Å². The van der Waals surface area contributed by atoms with Crippen molar-refractivity contribution in [1.29, 1.82) is 10.5 Å². The van der Waals surface area contributed by atoms with E-state index in [-0.39, 0.29) is 12.0 Å². The summed E-state index contributed by atoms with van der Waals surface area (Å²) in [6, 6.07) is 7.32. The Hall–Kier alpha value is -4.88. The fourth-order valence-corrected chi connectivity index (χ4v) is 3.39. The lowest BCUT2D eigenvalue weighted by molar-refractivity contribution is -0.00177. The summed E-state index contributed by atoms with van der Waals surface area (Å²) in [6.45, 7) is 2.64. The lowest BCUT2D eigenvalue weighted by Gasteiger charge is -2.22. The number of nitriles is 2. The number of nitrogens with zero attached hydrogens (tertiary/aromatic N) is 8. The van der Waals surface area contributed by atoms with Gasteiger partial charge >= 0.3 is 0 Å². The maximum atomic E-state index is 14.2. The topological polar surface area (TPSA) is 170 Å². The van der Waals surface area contributed by atoms with Gasteiger partial charge in [0.05, 0.1) is 66.1 Å². The van der Waals surface area contributed by atoms with E-state index in [0.29, 0.717) is 40.3 Å². The highest BCUT2D eigenvalue weighted by molar-refractivity contribution is 6.00. The third-order valence-electron chi connectivity index (χ3n) is 5.46. The zero-order valence-electron chi connectivity index (χ0n) is 20.1. The Kier molecular flexibility index (Phi) is 7.08. The normalized spacial score (nSPS) is 12.1. The Labute approximate surface area is 211 Å². The number of aromatic nitrogens is 6. The van der Waals surface area contributed by atoms with Crippen LogP contribution >= 0.6 is 0 Å². The molecular weight excluding hydrogens is 479 g/mol. The number of carbonyl (C=O) groups is 1. The molecule has 0 aliphatic rings. The van der Waals surface area contributed by atoms with Gasteiger partial charge < -0.3 is 15.7 Å². The van der Waals surface area contributed by atoms with Gasteiger partial charge in [-0.2, -0.15) is 25.4 Å². The van der Waals surface area contributed by atoms with Crippen molar-refractivity contribution in [3.63, 3.8) is 0 Å². The molecule has 0 radical (unpaired) electrons. The number of aliphatic hydroxyl groups is 1. The molecule has 4 rings (SSSR count). The number of carbonyl (C=O) groups excluding carboxylic acids is 1. The summed E-state index contributed by atoms with van der Waals surface area (Å²) in [5, 5.41) is 42.5. The van der Waals surface area contributed by atoms with Gasteiger partial charge in [-0.1, -0.05) is 0 Å². The molecule has 0 aliphatic carbocycles. The van der Waals surface area contributed by atoms with Gasteiger partial charge in [0.25, 0.3) is 5.91 Å². The first-order chi connectivity index (χ1) is 17.7. The van der Waals surface area contributed by atoms with Crippen molar-refractivity contribution in [3.05, 3.63) is 54.2 Å². The number of rotatable bonds is 9. The third kappa shape index (κ3) is 5.69. The van der Waals surface area contributed by atoms with Gasteiger partial charge in [-0.05, 0) is 19.9 Å².